The summed E-state index contributed by atoms with van der Waals surface area (Å²) < 4.78 is 0. The van der Waals surface area contributed by atoms with E-state index in [-0.39, 0.29) is 35.9 Å². The van der Waals surface area contributed by atoms with E-state index in [1.165, 1.54) is 23.5 Å². The summed E-state index contributed by atoms with van der Waals surface area (Å²) >= 11 is 0. The van der Waals surface area contributed by atoms with Crippen molar-refractivity contribution in [3.63, 3.8) is 0 Å². The van der Waals surface area contributed by atoms with Crippen molar-refractivity contribution in [2.24, 2.45) is 0 Å². The maximum atomic E-state index is 3.76. The van der Waals surface area contributed by atoms with Crippen LogP contribution in [0, 0.1) is 6.07 Å². The van der Waals surface area contributed by atoms with Gasteiger partial charge in [0, 0.05) is 20.1 Å². The molecule has 0 aliphatic heterocycles. The van der Waals surface area contributed by atoms with Gasteiger partial charge in [-0.05, 0) is 35.0 Å². The van der Waals surface area contributed by atoms with Gasteiger partial charge in [0.2, 0.25) is 0 Å². The van der Waals surface area contributed by atoms with Crippen molar-refractivity contribution in [1.29, 1.82) is 0 Å². The van der Waals surface area contributed by atoms with E-state index in [2.05, 4.69) is 79.7 Å². The molecule has 135 valence electrons. The summed E-state index contributed by atoms with van der Waals surface area (Å²) in [5.41, 5.74) is 6.08. The number of rotatable bonds is 8. The first-order chi connectivity index (χ1) is 10.2. The van der Waals surface area contributed by atoms with Gasteiger partial charge in [-0.1, -0.05) is 71.2 Å². The minimum atomic E-state index is 0. The molecule has 0 saturated heterocycles. The molecule has 0 amide bonds. The Morgan fingerprint density at radius 1 is 0.696 bits per heavy atom. The molecule has 0 aliphatic rings. The average molecular weight is 530 g/mol. The Balaban J connectivity index is 0.00000484. The van der Waals surface area contributed by atoms with Crippen molar-refractivity contribution in [3.05, 3.63) is 35.4 Å². The van der Waals surface area contributed by atoms with E-state index < -0.39 is 0 Å². The van der Waals surface area contributed by atoms with Crippen LogP contribution >= 0.6 is 15.8 Å². The van der Waals surface area contributed by atoms with Crippen molar-refractivity contribution in [1.82, 2.24) is 0 Å². The molecule has 0 heterocycles. The van der Waals surface area contributed by atoms with Gasteiger partial charge in [-0.3, -0.25) is 0 Å². The summed E-state index contributed by atoms with van der Waals surface area (Å²) in [6.45, 7) is 19.1. The first kappa shape index (κ1) is 23.7. The summed E-state index contributed by atoms with van der Waals surface area (Å²) in [5.74, 6) is 0. The van der Waals surface area contributed by atoms with E-state index in [4.69, 9.17) is 0 Å². The number of benzene rings is 1. The van der Waals surface area contributed by atoms with E-state index >= 15 is 0 Å². The third-order valence-corrected chi connectivity index (χ3v) is 11.0. The standard InChI is InChI=1S/C20H35P2.Ir/c1-15(2)21(16(3)4)13-19-10-9-11-20(12-19)14-22(17(5)6)18(7)8;/h9-11,15-18H,13-14H2,1-8H3;/q-1;. The summed E-state index contributed by atoms with van der Waals surface area (Å²) in [5, 5.41) is 0. The molecule has 1 aromatic carbocycles. The Hall–Kier alpha value is 0.729. The van der Waals surface area contributed by atoms with Gasteiger partial charge in [0.1, 0.15) is 0 Å². The van der Waals surface area contributed by atoms with E-state index in [9.17, 15) is 0 Å². The third-order valence-electron chi connectivity index (χ3n) is 4.27. The monoisotopic (exact) mass is 530 g/mol. The van der Waals surface area contributed by atoms with Crippen LogP contribution in [0.4, 0.5) is 0 Å². The zero-order valence-corrected chi connectivity index (χ0v) is 20.4. The Morgan fingerprint density at radius 3 is 1.26 bits per heavy atom. The molecule has 1 radical (unpaired) electrons. The van der Waals surface area contributed by atoms with E-state index in [1.54, 1.807) is 0 Å². The smallest absolute Gasteiger partial charge is 0 e. The van der Waals surface area contributed by atoms with Gasteiger partial charge in [-0.2, -0.15) is 35.4 Å². The first-order valence-corrected chi connectivity index (χ1v) is 12.1. The third kappa shape index (κ3) is 8.10. The second-order valence-electron chi connectivity index (χ2n) is 7.42. The molecule has 1 aromatic rings. The first-order valence-electron chi connectivity index (χ1n) is 8.74. The predicted octanol–water partition coefficient (Wildman–Crippen LogP) is 7.08. The van der Waals surface area contributed by atoms with Gasteiger partial charge in [-0.15, -0.1) is 0 Å². The molecule has 0 nitrogen and oxygen atoms in total. The molecule has 0 bridgehead atoms. The van der Waals surface area contributed by atoms with Crippen LogP contribution in [-0.2, 0) is 32.4 Å². The van der Waals surface area contributed by atoms with E-state index in [1.807, 2.05) is 0 Å². The fraction of sp³-hybridized carbons (Fsp3) is 0.700. The average Bonchev–Trinajstić information content (AvgIpc) is 2.41. The van der Waals surface area contributed by atoms with Crippen LogP contribution in [0.3, 0.4) is 0 Å². The fourth-order valence-corrected chi connectivity index (χ4v) is 8.07. The molecule has 0 fully saturated rings. The van der Waals surface area contributed by atoms with Crippen LogP contribution in [0.25, 0.3) is 0 Å². The van der Waals surface area contributed by atoms with Crippen LogP contribution in [-0.4, -0.2) is 22.6 Å². The summed E-state index contributed by atoms with van der Waals surface area (Å²) in [6.07, 6.45) is 2.47. The van der Waals surface area contributed by atoms with Crippen molar-refractivity contribution in [3.8, 4) is 0 Å². The predicted molar refractivity (Wildman–Crippen MR) is 107 cm³/mol. The van der Waals surface area contributed by atoms with Crippen molar-refractivity contribution < 1.29 is 20.1 Å². The zero-order valence-electron chi connectivity index (χ0n) is 16.2. The molecule has 23 heavy (non-hydrogen) atoms. The molecule has 0 aromatic heterocycles. The molecule has 0 spiro atoms. The topological polar surface area (TPSA) is 0 Å². The molecular formula is C20H35IrP2-. The molecule has 0 unspecified atom stereocenters. The maximum Gasteiger partial charge on any atom is 0 e. The zero-order chi connectivity index (χ0) is 16.9. The van der Waals surface area contributed by atoms with Crippen molar-refractivity contribution >= 4 is 15.8 Å². The van der Waals surface area contributed by atoms with Gasteiger partial charge in [-0.25, -0.2) is 0 Å². The van der Waals surface area contributed by atoms with Crippen LogP contribution in [0.2, 0.25) is 0 Å². The normalized spacial score (nSPS) is 12.1. The van der Waals surface area contributed by atoms with Crippen LogP contribution in [0.1, 0.15) is 66.5 Å². The van der Waals surface area contributed by atoms with Crippen molar-refractivity contribution in [2.45, 2.75) is 90.3 Å². The van der Waals surface area contributed by atoms with Crippen LogP contribution < -0.4 is 0 Å². The van der Waals surface area contributed by atoms with E-state index in [0.717, 1.165) is 22.6 Å². The van der Waals surface area contributed by atoms with Gasteiger partial charge < -0.3 is 0 Å². The fourth-order valence-electron chi connectivity index (χ4n) is 3.07. The number of hydrogen-bond donors (Lipinski definition) is 0. The van der Waals surface area contributed by atoms with Gasteiger partial charge in [0.15, 0.2) is 0 Å². The molecule has 0 atom stereocenters. The number of hydrogen-bond acceptors (Lipinski definition) is 0. The molecule has 0 N–H and O–H groups in total. The van der Waals surface area contributed by atoms with Crippen molar-refractivity contribution in [2.75, 3.05) is 0 Å². The molecule has 0 aliphatic carbocycles. The molecule has 0 saturated carbocycles. The minimum Gasteiger partial charge on any atom is -0.176 e. The Bertz CT molecular complexity index is 388. The van der Waals surface area contributed by atoms with Crippen LogP contribution in [0.5, 0.6) is 0 Å². The summed E-state index contributed by atoms with van der Waals surface area (Å²) in [7, 11) is 0.123. The maximum absolute atomic E-state index is 3.76. The van der Waals surface area contributed by atoms with Crippen LogP contribution in [0.15, 0.2) is 18.2 Å². The molecule has 1 rings (SSSR count). The minimum absolute atomic E-state index is 0. The quantitative estimate of drug-likeness (QED) is 0.249. The summed E-state index contributed by atoms with van der Waals surface area (Å²) in [6, 6.07) is 10.6. The second-order valence-corrected chi connectivity index (χ2v) is 14.2. The van der Waals surface area contributed by atoms with Gasteiger partial charge in [0.25, 0.3) is 0 Å². The summed E-state index contributed by atoms with van der Waals surface area (Å²) in [4.78, 5) is 0. The Labute approximate surface area is 161 Å². The molecule has 3 heteroatoms. The Morgan fingerprint density at radius 2 is 1.00 bits per heavy atom. The van der Waals surface area contributed by atoms with Gasteiger partial charge in [0.05, 0.1) is 0 Å². The SMILES string of the molecule is CC(C)P(Cc1[c-]c(CP(C(C)C)C(C)C)ccc1)C(C)C.[Ir]. The van der Waals surface area contributed by atoms with E-state index in [0.29, 0.717) is 0 Å². The van der Waals surface area contributed by atoms with Gasteiger partial charge >= 0.3 is 0 Å². The molecular weight excluding hydrogens is 494 g/mol. The largest absolute Gasteiger partial charge is 0.176 e. The Kier molecular flexibility index (Phi) is 11.7. The second kappa shape index (κ2) is 11.4.